The van der Waals surface area contributed by atoms with E-state index in [-0.39, 0.29) is 5.41 Å². The molecule has 5 aliphatic rings. The highest BCUT2D eigenvalue weighted by atomic mass is 32.1. The highest BCUT2D eigenvalue weighted by Gasteiger charge is 2.61. The molecule has 0 aliphatic heterocycles. The van der Waals surface area contributed by atoms with Gasteiger partial charge in [0.05, 0.1) is 5.69 Å². The zero-order valence-corrected chi connectivity index (χ0v) is 32.9. The number of thiophene rings is 1. The number of fused-ring (bicyclic) bond motifs is 6. The SMILES string of the molecule is C=CC/C(=C\C=C(/C)N(c1ccc2c(c1)-c1ccccc1C21C2CC3CC(C2)CC1C3)c1ccccc1-c1ccccc1)c1cccc2c1sc1ccccc12. The minimum atomic E-state index is 0.158. The van der Waals surface area contributed by atoms with E-state index in [1.807, 2.05) is 17.4 Å². The predicted molar refractivity (Wildman–Crippen MR) is 240 cm³/mol. The van der Waals surface area contributed by atoms with Crippen LogP contribution in [0.3, 0.4) is 0 Å². The Morgan fingerprint density at radius 3 is 2.14 bits per heavy atom. The zero-order chi connectivity index (χ0) is 37.4. The van der Waals surface area contributed by atoms with Crippen LogP contribution >= 0.6 is 11.3 Å². The van der Waals surface area contributed by atoms with Gasteiger partial charge in [0.15, 0.2) is 0 Å². The smallest absolute Gasteiger partial charge is 0.0536 e. The van der Waals surface area contributed by atoms with Gasteiger partial charge in [-0.25, -0.2) is 0 Å². The predicted octanol–water partition coefficient (Wildman–Crippen LogP) is 15.1. The van der Waals surface area contributed by atoms with Gasteiger partial charge in [-0.2, -0.15) is 0 Å². The van der Waals surface area contributed by atoms with Gasteiger partial charge < -0.3 is 4.90 Å². The van der Waals surface area contributed by atoms with Gasteiger partial charge in [0.1, 0.15) is 0 Å². The first-order valence-corrected chi connectivity index (χ1v) is 21.5. The zero-order valence-electron chi connectivity index (χ0n) is 32.1. The number of rotatable bonds is 8. The van der Waals surface area contributed by atoms with Crippen LogP contribution < -0.4 is 4.90 Å². The second-order valence-electron chi connectivity index (χ2n) is 16.9. The number of para-hydroxylation sites is 1. The molecule has 0 atom stereocenters. The lowest BCUT2D eigenvalue weighted by Crippen LogP contribution is -2.55. The molecule has 0 unspecified atom stereocenters. The lowest BCUT2D eigenvalue weighted by molar-refractivity contribution is -0.0399. The number of hydrogen-bond acceptors (Lipinski definition) is 2. The van der Waals surface area contributed by atoms with E-state index < -0.39 is 0 Å². The number of nitrogens with zero attached hydrogens (tertiary/aromatic N) is 1. The average molecular weight is 742 g/mol. The average Bonchev–Trinajstić information content (AvgIpc) is 3.76. The minimum absolute atomic E-state index is 0.158. The van der Waals surface area contributed by atoms with Crippen molar-refractivity contribution in [2.24, 2.45) is 23.7 Å². The highest BCUT2D eigenvalue weighted by Crippen LogP contribution is 2.69. The third-order valence-corrected chi connectivity index (χ3v) is 15.2. The molecule has 0 saturated heterocycles. The van der Waals surface area contributed by atoms with Gasteiger partial charge in [-0.05, 0) is 138 Å². The second kappa shape index (κ2) is 13.4. The normalized spacial score (nSPS) is 23.5. The van der Waals surface area contributed by atoms with Gasteiger partial charge in [-0.3, -0.25) is 0 Å². The van der Waals surface area contributed by atoms with Gasteiger partial charge in [-0.1, -0.05) is 127 Å². The largest absolute Gasteiger partial charge is 0.314 e. The summed E-state index contributed by atoms with van der Waals surface area (Å²) in [5.74, 6) is 3.37. The van der Waals surface area contributed by atoms with Gasteiger partial charge in [0.2, 0.25) is 0 Å². The molecule has 56 heavy (non-hydrogen) atoms. The molecule has 7 aromatic rings. The fraction of sp³-hybridized carbons (Fsp3) is 0.222. The van der Waals surface area contributed by atoms with Gasteiger partial charge in [0.25, 0.3) is 0 Å². The molecule has 6 aromatic carbocycles. The van der Waals surface area contributed by atoms with E-state index in [9.17, 15) is 0 Å². The maximum Gasteiger partial charge on any atom is 0.0536 e. The summed E-state index contributed by atoms with van der Waals surface area (Å²) in [4.78, 5) is 2.51. The molecular weight excluding hydrogens is 695 g/mol. The summed E-state index contributed by atoms with van der Waals surface area (Å²) in [6.45, 7) is 6.48. The standard InChI is InChI=1S/C54H47NS/c1-3-14-38(44-20-13-21-47-46-19-9-12-24-52(46)56-53(44)47)26-25-35(2)55(51-23-11-8-17-43(51)39-15-5-4-6-16-39)42-27-28-50-48(34-42)45-18-7-10-22-49(45)54(50)40-30-36-29-37(32-40)33-41(54)31-36/h3-13,15-28,34,36-37,40-41H,1,14,29-33H2,2H3/b35-25+,38-26+. The summed E-state index contributed by atoms with van der Waals surface area (Å²) in [5, 5.41) is 2.66. The van der Waals surface area contributed by atoms with Crippen LogP contribution in [0, 0.1) is 23.7 Å². The third-order valence-electron chi connectivity index (χ3n) is 14.0. The van der Waals surface area contributed by atoms with Crippen molar-refractivity contribution in [3.63, 3.8) is 0 Å². The summed E-state index contributed by atoms with van der Waals surface area (Å²) in [6.07, 6.45) is 14.6. The van der Waals surface area contributed by atoms with Crippen LogP contribution in [0.1, 0.15) is 62.1 Å². The molecular formula is C54H47NS. The van der Waals surface area contributed by atoms with Crippen LogP contribution in [0.4, 0.5) is 11.4 Å². The molecule has 1 aromatic heterocycles. The van der Waals surface area contributed by atoms with E-state index in [1.165, 1.54) is 103 Å². The summed E-state index contributed by atoms with van der Waals surface area (Å²) >= 11 is 1.89. The Morgan fingerprint density at radius 2 is 1.34 bits per heavy atom. The van der Waals surface area contributed by atoms with Crippen LogP contribution in [0.25, 0.3) is 48.0 Å². The molecule has 1 heterocycles. The molecule has 1 nitrogen and oxygen atoms in total. The van der Waals surface area contributed by atoms with Crippen LogP contribution in [0.5, 0.6) is 0 Å². The van der Waals surface area contributed by atoms with E-state index in [0.717, 1.165) is 30.1 Å². The fourth-order valence-electron chi connectivity index (χ4n) is 12.1. The molecule has 4 fully saturated rings. The van der Waals surface area contributed by atoms with Crippen molar-refractivity contribution in [3.05, 3.63) is 187 Å². The van der Waals surface area contributed by atoms with Crippen molar-refractivity contribution in [2.45, 2.75) is 50.9 Å². The Balaban J connectivity index is 1.08. The molecule has 2 heteroatoms. The Hall–Kier alpha value is -5.44. The van der Waals surface area contributed by atoms with Gasteiger partial charge >= 0.3 is 0 Å². The number of anilines is 2. The van der Waals surface area contributed by atoms with E-state index in [1.54, 1.807) is 11.1 Å². The third kappa shape index (κ3) is 5.11. The summed E-state index contributed by atoms with van der Waals surface area (Å²) in [7, 11) is 0. The minimum Gasteiger partial charge on any atom is -0.314 e. The molecule has 4 bridgehead atoms. The van der Waals surface area contributed by atoms with E-state index >= 15 is 0 Å². The lowest BCUT2D eigenvalue weighted by Gasteiger charge is -2.61. The van der Waals surface area contributed by atoms with E-state index in [4.69, 9.17) is 0 Å². The Labute approximate surface area is 335 Å². The Bertz CT molecular complexity index is 2700. The van der Waals surface area contributed by atoms with E-state index in [0.29, 0.717) is 0 Å². The van der Waals surface area contributed by atoms with Crippen molar-refractivity contribution in [1.82, 2.24) is 0 Å². The van der Waals surface area contributed by atoms with Crippen molar-refractivity contribution in [3.8, 4) is 22.3 Å². The lowest BCUT2D eigenvalue weighted by atomic mass is 9.43. The maximum absolute atomic E-state index is 4.20. The molecule has 1 spiro atoms. The monoisotopic (exact) mass is 741 g/mol. The molecule has 274 valence electrons. The second-order valence-corrected chi connectivity index (χ2v) is 18.0. The summed E-state index contributed by atoms with van der Waals surface area (Å²) in [5.41, 5.74) is 14.9. The van der Waals surface area contributed by atoms with Gasteiger partial charge in [-0.15, -0.1) is 17.9 Å². The topological polar surface area (TPSA) is 3.24 Å². The fourth-order valence-corrected chi connectivity index (χ4v) is 13.3. The quantitative estimate of drug-likeness (QED) is 0.111. The molecule has 0 radical (unpaired) electrons. The van der Waals surface area contributed by atoms with Crippen LogP contribution in [-0.2, 0) is 5.41 Å². The summed E-state index contributed by atoms with van der Waals surface area (Å²) < 4.78 is 2.67. The highest BCUT2D eigenvalue weighted by molar-refractivity contribution is 7.26. The number of hydrogen-bond donors (Lipinski definition) is 0. The first kappa shape index (κ1) is 33.9. The maximum atomic E-state index is 4.20. The Morgan fingerprint density at radius 1 is 0.661 bits per heavy atom. The molecule has 0 N–H and O–H groups in total. The van der Waals surface area contributed by atoms with Crippen molar-refractivity contribution in [1.29, 1.82) is 0 Å². The summed E-state index contributed by atoms with van der Waals surface area (Å²) in [6, 6.07) is 52.4. The van der Waals surface area contributed by atoms with Crippen molar-refractivity contribution in [2.75, 3.05) is 4.90 Å². The van der Waals surface area contributed by atoms with E-state index in [2.05, 4.69) is 170 Å². The van der Waals surface area contributed by atoms with Gasteiger partial charge in [0, 0.05) is 42.5 Å². The number of allylic oxidation sites excluding steroid dienone is 5. The van der Waals surface area contributed by atoms with Crippen LogP contribution in [0.15, 0.2) is 170 Å². The van der Waals surface area contributed by atoms with Crippen LogP contribution in [0.2, 0.25) is 0 Å². The number of benzene rings is 6. The van der Waals surface area contributed by atoms with Crippen molar-refractivity contribution >= 4 is 48.5 Å². The van der Waals surface area contributed by atoms with Crippen LogP contribution in [-0.4, -0.2) is 0 Å². The molecule has 4 saturated carbocycles. The molecule has 5 aliphatic carbocycles. The molecule has 0 amide bonds. The Kier molecular flexibility index (Phi) is 8.07. The molecule has 12 rings (SSSR count). The first-order chi connectivity index (χ1) is 27.6. The van der Waals surface area contributed by atoms with Crippen molar-refractivity contribution < 1.29 is 0 Å². The first-order valence-electron chi connectivity index (χ1n) is 20.7.